The lowest BCUT2D eigenvalue weighted by molar-refractivity contribution is 0.00272. The van der Waals surface area contributed by atoms with E-state index in [1.54, 1.807) is 43.6 Å². The van der Waals surface area contributed by atoms with E-state index in [1.165, 1.54) is 306 Å². The third-order valence-corrected chi connectivity index (χ3v) is 43.4. The minimum atomic E-state index is -2.37. The van der Waals surface area contributed by atoms with E-state index < -0.39 is 28.1 Å². The van der Waals surface area contributed by atoms with E-state index in [-0.39, 0.29) is 23.3 Å². The zero-order chi connectivity index (χ0) is 106. The molecule has 14 heteroatoms. The molecule has 14 aliphatic carbocycles. The third kappa shape index (κ3) is 16.7. The first-order chi connectivity index (χ1) is 73.3. The highest BCUT2D eigenvalue weighted by molar-refractivity contribution is 5.54. The first-order valence-electron chi connectivity index (χ1n) is 62.6. The lowest BCUT2D eigenvalue weighted by atomic mass is 9.52. The zero-order valence-corrected chi connectivity index (χ0v) is 86.4. The molecule has 21 aliphatic rings. The Hall–Kier alpha value is -7.14. The minimum absolute atomic E-state index is 0.0145. The van der Waals surface area contributed by atoms with Crippen LogP contribution in [-0.2, 0) is 82.9 Å². The van der Waals surface area contributed by atoms with Crippen LogP contribution in [0.1, 0.15) is 319 Å². The van der Waals surface area contributed by atoms with Crippen molar-refractivity contribution in [3.63, 3.8) is 0 Å². The highest BCUT2D eigenvalue weighted by atomic mass is 16.5. The molecule has 7 aliphatic heterocycles. The van der Waals surface area contributed by atoms with Crippen molar-refractivity contribution < 1.29 is 49.6 Å². The number of ether oxygens (including phenoxy) is 7. The highest BCUT2D eigenvalue weighted by Gasteiger charge is 2.61. The molecule has 14 bridgehead atoms. The molecule has 0 amide bonds. The Morgan fingerprint density at radius 3 is 0.636 bits per heavy atom. The lowest BCUT2D eigenvalue weighted by Crippen LogP contribution is -2.59. The van der Waals surface area contributed by atoms with E-state index >= 15 is 0 Å². The molecule has 21 atom stereocenters. The van der Waals surface area contributed by atoms with Crippen LogP contribution in [0.3, 0.4) is 0 Å². The molecule has 756 valence electrons. The van der Waals surface area contributed by atoms with Gasteiger partial charge >= 0.3 is 0 Å². The number of likely N-dealkylation sites (tertiary alicyclic amines) is 7. The van der Waals surface area contributed by atoms with E-state index in [0.717, 1.165) is 123 Å². The molecule has 7 saturated carbocycles. The monoisotopic (exact) mass is 1910 g/mol. The number of rotatable bonds is 7. The maximum atomic E-state index is 7.92. The predicted molar refractivity (Wildman–Crippen MR) is 570 cm³/mol. The van der Waals surface area contributed by atoms with E-state index in [0.29, 0.717) is 93.9 Å². The summed E-state index contributed by atoms with van der Waals surface area (Å²) in [4.78, 5) is 17.4. The SMILES string of the molecule is COc1ccc2c(c1)[C@]13CCCCC1[C@H](C2)N(C)CC3.[2H]C([2H])([2H])Oc1ccc2c(c1)[C@]13CCCCC1[C@H](C2)N(C)CC3.[2H]C([2H])([2H])Oc1ccc2c(c1)[C@]13CCCCC1[C@H](C2)N(C)CC3.[2H]C([2H])N1CC[C@@]23CCCCC2[C@@H]1Cc1ccc(OC)cc13.[2H]C([2H])Oc1ccc2c(c1)[C@]13CCCCC1[C@H](C2)N(C)CC3.[2H]CN1CC[C@@]23CCCCC2[C@@H]1Cc1ccc(OC)cc13.[2H]COc1ccc2c(c1)[C@]13CCCCC1[C@H](C2)N(C)CC3. The maximum absolute atomic E-state index is 7.92. The molecule has 28 rings (SSSR count). The summed E-state index contributed by atoms with van der Waals surface area (Å²) < 4.78 is 128. The Kier molecular flexibility index (Phi) is 23.9. The van der Waals surface area contributed by atoms with Crippen LogP contribution in [-0.4, -0.2) is 221 Å². The van der Waals surface area contributed by atoms with Gasteiger partial charge in [-0.3, -0.25) is 0 Å². The third-order valence-electron chi connectivity index (χ3n) is 43.4. The average Bonchev–Trinajstić information content (AvgIpc) is 0.752. The van der Waals surface area contributed by atoms with Crippen LogP contribution in [0.25, 0.3) is 0 Å². The number of hydrogen-bond donors (Lipinski definition) is 0. The largest absolute Gasteiger partial charge is 0.497 e. The van der Waals surface area contributed by atoms with Crippen molar-refractivity contribution in [3.05, 3.63) is 205 Å². The fourth-order valence-electron chi connectivity index (χ4n) is 36.6. The second-order valence-electron chi connectivity index (χ2n) is 48.5. The first-order valence-corrected chi connectivity index (χ1v) is 55.8. The smallest absolute Gasteiger partial charge is 0.119 e. The van der Waals surface area contributed by atoms with Crippen LogP contribution in [0.5, 0.6) is 40.2 Å². The summed E-state index contributed by atoms with van der Waals surface area (Å²) in [6, 6.07) is 49.4. The minimum Gasteiger partial charge on any atom is -0.497 e. The van der Waals surface area contributed by atoms with Crippen LogP contribution in [0.15, 0.2) is 127 Å². The van der Waals surface area contributed by atoms with Gasteiger partial charge in [0, 0.05) is 84.3 Å². The quantitative estimate of drug-likeness (QED) is 0.152. The van der Waals surface area contributed by atoms with E-state index in [9.17, 15) is 0 Å². The molecule has 7 aromatic carbocycles. The van der Waals surface area contributed by atoms with Crippen molar-refractivity contribution in [3.8, 4) is 40.2 Å². The molecule has 14 fully saturated rings. The average molecular weight is 1910 g/mol. The van der Waals surface area contributed by atoms with E-state index in [1.807, 2.05) is 30.3 Å². The van der Waals surface area contributed by atoms with Gasteiger partial charge in [-0.1, -0.05) is 132 Å². The number of fused-ring (bicyclic) bond motifs is 7. The molecular weight excluding hydrogens is 1720 g/mol. The highest BCUT2D eigenvalue weighted by Crippen LogP contribution is 2.65. The number of piperidine rings is 7. The maximum Gasteiger partial charge on any atom is 0.119 e. The van der Waals surface area contributed by atoms with Crippen molar-refractivity contribution in [1.82, 2.24) is 34.3 Å². The summed E-state index contributed by atoms with van der Waals surface area (Å²) in [6.07, 6.45) is 53.8. The standard InChI is InChI=1S/7C18H25NO/c7*1-19-10-9-18-8-4-3-5-15(18)17(19)11-13-6-7-14(20-2)12-16(13)18/h7*6-7,12,15,17H,3-5,8-11H2,1-2H3/t7*15?,17-,18-/m0000000/s1/i2*2D3;2D2;2D;1D2;1D;. The summed E-state index contributed by atoms with van der Waals surface area (Å²) >= 11 is 0. The summed E-state index contributed by atoms with van der Waals surface area (Å²) in [5.41, 5.74) is 23.1. The molecular formula is C126H175N7O7. The van der Waals surface area contributed by atoms with Crippen molar-refractivity contribution in [1.29, 1.82) is 0 Å². The van der Waals surface area contributed by atoms with Crippen molar-refractivity contribution in [2.75, 3.05) is 145 Å². The van der Waals surface area contributed by atoms with Gasteiger partial charge in [0.2, 0.25) is 0 Å². The first kappa shape index (κ1) is 84.0. The number of methoxy groups -OCH3 is 7. The molecule has 14 nitrogen and oxygen atoms in total. The Morgan fingerprint density at radius 2 is 0.429 bits per heavy atom. The molecule has 140 heavy (non-hydrogen) atoms. The van der Waals surface area contributed by atoms with Crippen molar-refractivity contribution in [2.45, 2.75) is 350 Å². The topological polar surface area (TPSA) is 87.3 Å². The van der Waals surface area contributed by atoms with E-state index in [2.05, 4.69) is 167 Å². The number of hydrogen-bond acceptors (Lipinski definition) is 14. The fraction of sp³-hybridized carbons (Fsp3) is 0.667. The number of likely N-dealkylation sites (N-methyl/N-ethyl adjacent to an activating group) is 7. The molecule has 0 radical (unpaired) electrons. The Bertz CT molecular complexity index is 5880. The predicted octanol–water partition coefficient (Wildman–Crippen LogP) is 23.7. The number of nitrogens with zero attached hydrogens (tertiary/aromatic N) is 7. The van der Waals surface area contributed by atoms with Gasteiger partial charge in [-0.2, -0.15) is 0 Å². The Balaban J connectivity index is 0.0000000999. The summed E-state index contributed by atoms with van der Waals surface area (Å²) in [5, 5.41) is 0. The van der Waals surface area contributed by atoms with Crippen molar-refractivity contribution >= 4 is 0 Å². The van der Waals surface area contributed by atoms with Gasteiger partial charge in [-0.15, -0.1) is 0 Å². The molecule has 7 unspecified atom stereocenters. The van der Waals surface area contributed by atoms with Crippen LogP contribution in [0.2, 0.25) is 0 Å². The van der Waals surface area contributed by atoms with Gasteiger partial charge in [-0.25, -0.2) is 0 Å². The van der Waals surface area contributed by atoms with Crippen LogP contribution in [0.4, 0.5) is 0 Å². The molecule has 0 N–H and O–H groups in total. The van der Waals surface area contributed by atoms with Crippen LogP contribution >= 0.6 is 0 Å². The Morgan fingerprint density at radius 1 is 0.229 bits per heavy atom. The molecule has 7 saturated heterocycles. The zero-order valence-electron chi connectivity index (χ0n) is 98.4. The van der Waals surface area contributed by atoms with Gasteiger partial charge < -0.3 is 67.5 Å². The molecule has 7 aromatic rings. The Labute approximate surface area is 860 Å². The van der Waals surface area contributed by atoms with Gasteiger partial charge in [0.15, 0.2) is 0 Å². The lowest BCUT2D eigenvalue weighted by Gasteiger charge is -2.58. The normalized spacial score (nSPS) is 37.6. The van der Waals surface area contributed by atoms with Crippen LogP contribution < -0.4 is 33.2 Å². The van der Waals surface area contributed by atoms with Gasteiger partial charge in [-0.05, 0) is 479 Å². The van der Waals surface area contributed by atoms with E-state index in [4.69, 9.17) is 49.6 Å². The molecule has 0 aromatic heterocycles. The van der Waals surface area contributed by atoms with Crippen molar-refractivity contribution in [2.24, 2.45) is 41.4 Å². The second kappa shape index (κ2) is 39.9. The van der Waals surface area contributed by atoms with Gasteiger partial charge in [0.25, 0.3) is 0 Å². The van der Waals surface area contributed by atoms with Gasteiger partial charge in [0.1, 0.15) is 40.2 Å². The van der Waals surface area contributed by atoms with Crippen LogP contribution in [0, 0.1) is 41.4 Å². The number of benzene rings is 7. The molecule has 0 spiro atoms. The fourth-order valence-corrected chi connectivity index (χ4v) is 36.6. The summed E-state index contributed by atoms with van der Waals surface area (Å²) in [5.74, 6) is 10.9. The second-order valence-corrected chi connectivity index (χ2v) is 48.5. The summed E-state index contributed by atoms with van der Waals surface area (Å²) in [7, 11) is 11.3. The summed E-state index contributed by atoms with van der Waals surface area (Å²) in [6.45, 7) is 7.13. The van der Waals surface area contributed by atoms with Gasteiger partial charge in [0.05, 0.1) is 61.9 Å². The molecule has 7 heterocycles.